The second kappa shape index (κ2) is 8.73. The molecule has 1 saturated heterocycles. The molecule has 7 heteroatoms. The van der Waals surface area contributed by atoms with Crippen molar-refractivity contribution in [1.82, 2.24) is 9.88 Å². The van der Waals surface area contributed by atoms with Crippen LogP contribution in [0, 0.1) is 5.82 Å². The van der Waals surface area contributed by atoms with Gasteiger partial charge in [-0.05, 0) is 42.5 Å². The van der Waals surface area contributed by atoms with E-state index < -0.39 is 5.82 Å². The van der Waals surface area contributed by atoms with Crippen molar-refractivity contribution in [3.05, 3.63) is 89.9 Å². The van der Waals surface area contributed by atoms with Gasteiger partial charge in [-0.2, -0.15) is 0 Å². The minimum Gasteiger partial charge on any atom is -0.353 e. The van der Waals surface area contributed by atoms with Gasteiger partial charge in [0, 0.05) is 37.3 Å². The highest BCUT2D eigenvalue weighted by molar-refractivity contribution is 6.04. The van der Waals surface area contributed by atoms with Crippen LogP contribution in [0.15, 0.2) is 72.9 Å². The summed E-state index contributed by atoms with van der Waals surface area (Å²) >= 11 is 0. The van der Waals surface area contributed by atoms with Gasteiger partial charge in [0.15, 0.2) is 0 Å². The van der Waals surface area contributed by atoms with Gasteiger partial charge in [-0.3, -0.25) is 9.59 Å². The van der Waals surface area contributed by atoms with Gasteiger partial charge >= 0.3 is 0 Å². The highest BCUT2D eigenvalue weighted by atomic mass is 19.1. The summed E-state index contributed by atoms with van der Waals surface area (Å²) in [6.45, 7) is 2.32. The standard InChI is InChI=1S/C23H21FN4O2/c24-19-8-4-7-18(15-19)23(30)28-13-11-27(12-14-28)21-10-9-20(16-25-21)26-22(29)17-5-2-1-3-6-17/h1-10,15-16H,11-14H2,(H,26,29). The molecule has 1 fully saturated rings. The van der Waals surface area contributed by atoms with Crippen molar-refractivity contribution < 1.29 is 14.0 Å². The van der Waals surface area contributed by atoms with Crippen LogP contribution in [0.3, 0.4) is 0 Å². The molecule has 1 aliphatic rings. The topological polar surface area (TPSA) is 65.5 Å². The number of aromatic nitrogens is 1. The molecule has 1 N–H and O–H groups in total. The molecular formula is C23H21FN4O2. The number of anilines is 2. The van der Waals surface area contributed by atoms with E-state index in [0.29, 0.717) is 43.0 Å². The number of hydrogen-bond acceptors (Lipinski definition) is 4. The Morgan fingerprint density at radius 1 is 0.867 bits per heavy atom. The molecule has 0 aliphatic carbocycles. The Morgan fingerprint density at radius 3 is 2.27 bits per heavy atom. The number of amides is 2. The smallest absolute Gasteiger partial charge is 0.255 e. The molecule has 3 aromatic rings. The quantitative estimate of drug-likeness (QED) is 0.724. The van der Waals surface area contributed by atoms with Crippen LogP contribution in [0.1, 0.15) is 20.7 Å². The Balaban J connectivity index is 1.34. The minimum absolute atomic E-state index is 0.166. The third kappa shape index (κ3) is 4.46. The Bertz CT molecular complexity index is 1030. The minimum atomic E-state index is -0.414. The lowest BCUT2D eigenvalue weighted by molar-refractivity contribution is 0.0746. The zero-order chi connectivity index (χ0) is 20.9. The molecule has 0 bridgehead atoms. The number of pyridine rings is 1. The van der Waals surface area contributed by atoms with Crippen molar-refractivity contribution in [3.63, 3.8) is 0 Å². The number of benzene rings is 2. The first-order chi connectivity index (χ1) is 14.6. The van der Waals surface area contributed by atoms with Gasteiger partial charge in [0.1, 0.15) is 11.6 Å². The fraction of sp³-hybridized carbons (Fsp3) is 0.174. The van der Waals surface area contributed by atoms with Gasteiger partial charge in [0.05, 0.1) is 11.9 Å². The predicted molar refractivity (Wildman–Crippen MR) is 113 cm³/mol. The molecule has 1 aliphatic heterocycles. The molecule has 0 atom stereocenters. The fourth-order valence-electron chi connectivity index (χ4n) is 3.38. The number of carbonyl (C=O) groups is 2. The van der Waals surface area contributed by atoms with Crippen LogP contribution >= 0.6 is 0 Å². The number of piperazine rings is 1. The SMILES string of the molecule is O=C(Nc1ccc(N2CCN(C(=O)c3cccc(F)c3)CC2)nc1)c1ccccc1. The van der Waals surface area contributed by atoms with Gasteiger partial charge in [-0.1, -0.05) is 24.3 Å². The van der Waals surface area contributed by atoms with Crippen LogP contribution in [0.4, 0.5) is 15.9 Å². The molecule has 2 heterocycles. The van der Waals surface area contributed by atoms with E-state index in [1.807, 2.05) is 30.3 Å². The normalized spacial score (nSPS) is 13.8. The number of rotatable bonds is 4. The molecule has 0 unspecified atom stereocenters. The summed E-state index contributed by atoms with van der Waals surface area (Å²) in [5.74, 6) is 0.0180. The van der Waals surface area contributed by atoms with Crippen LogP contribution in [-0.4, -0.2) is 47.9 Å². The summed E-state index contributed by atoms with van der Waals surface area (Å²) in [7, 11) is 0. The number of nitrogens with zero attached hydrogens (tertiary/aromatic N) is 3. The van der Waals surface area contributed by atoms with Crippen molar-refractivity contribution in [1.29, 1.82) is 0 Å². The number of carbonyl (C=O) groups excluding carboxylic acids is 2. The molecular weight excluding hydrogens is 383 g/mol. The van der Waals surface area contributed by atoms with Crippen molar-refractivity contribution in [3.8, 4) is 0 Å². The van der Waals surface area contributed by atoms with Crippen LogP contribution in [0.25, 0.3) is 0 Å². The summed E-state index contributed by atoms with van der Waals surface area (Å²) in [5.41, 5.74) is 1.56. The van der Waals surface area contributed by atoms with Crippen LogP contribution < -0.4 is 10.2 Å². The van der Waals surface area contributed by atoms with Gasteiger partial charge in [0.2, 0.25) is 0 Å². The van der Waals surface area contributed by atoms with E-state index in [2.05, 4.69) is 15.2 Å². The van der Waals surface area contributed by atoms with Crippen molar-refractivity contribution in [2.75, 3.05) is 36.4 Å². The maximum Gasteiger partial charge on any atom is 0.255 e. The molecule has 2 aromatic carbocycles. The zero-order valence-corrected chi connectivity index (χ0v) is 16.3. The van der Waals surface area contributed by atoms with Crippen LogP contribution in [0.5, 0.6) is 0 Å². The first-order valence-electron chi connectivity index (χ1n) is 9.72. The Morgan fingerprint density at radius 2 is 1.60 bits per heavy atom. The largest absolute Gasteiger partial charge is 0.353 e. The molecule has 0 spiro atoms. The summed E-state index contributed by atoms with van der Waals surface area (Å²) in [4.78, 5) is 33.0. The zero-order valence-electron chi connectivity index (χ0n) is 16.3. The van der Waals surface area contributed by atoms with Crippen molar-refractivity contribution in [2.24, 2.45) is 0 Å². The first kappa shape index (κ1) is 19.6. The lowest BCUT2D eigenvalue weighted by Gasteiger charge is -2.35. The highest BCUT2D eigenvalue weighted by Crippen LogP contribution is 2.18. The highest BCUT2D eigenvalue weighted by Gasteiger charge is 2.23. The fourth-order valence-corrected chi connectivity index (χ4v) is 3.38. The summed E-state index contributed by atoms with van der Waals surface area (Å²) in [6, 6.07) is 18.4. The molecule has 2 amide bonds. The molecule has 30 heavy (non-hydrogen) atoms. The average Bonchev–Trinajstić information content (AvgIpc) is 2.80. The third-order valence-electron chi connectivity index (χ3n) is 5.00. The second-order valence-corrected chi connectivity index (χ2v) is 7.01. The average molecular weight is 404 g/mol. The van der Waals surface area contributed by atoms with E-state index in [1.54, 1.807) is 35.4 Å². The van der Waals surface area contributed by atoms with Crippen molar-refractivity contribution in [2.45, 2.75) is 0 Å². The maximum atomic E-state index is 13.4. The number of nitrogens with one attached hydrogen (secondary N) is 1. The summed E-state index contributed by atoms with van der Waals surface area (Å²) < 4.78 is 13.4. The third-order valence-corrected chi connectivity index (χ3v) is 5.00. The van der Waals surface area contributed by atoms with E-state index in [9.17, 15) is 14.0 Å². The van der Waals surface area contributed by atoms with Crippen LogP contribution in [-0.2, 0) is 0 Å². The molecule has 0 saturated carbocycles. The summed E-state index contributed by atoms with van der Waals surface area (Å²) in [6.07, 6.45) is 1.63. The Hall–Kier alpha value is -3.74. The van der Waals surface area contributed by atoms with Gasteiger partial charge in [-0.15, -0.1) is 0 Å². The van der Waals surface area contributed by atoms with Crippen molar-refractivity contribution >= 4 is 23.3 Å². The van der Waals surface area contributed by atoms with E-state index in [1.165, 1.54) is 12.1 Å². The van der Waals surface area contributed by atoms with Gasteiger partial charge in [-0.25, -0.2) is 9.37 Å². The monoisotopic (exact) mass is 404 g/mol. The van der Waals surface area contributed by atoms with E-state index >= 15 is 0 Å². The Kier molecular flexibility index (Phi) is 5.70. The molecule has 1 aromatic heterocycles. The maximum absolute atomic E-state index is 13.4. The number of hydrogen-bond donors (Lipinski definition) is 1. The second-order valence-electron chi connectivity index (χ2n) is 7.01. The molecule has 4 rings (SSSR count). The lowest BCUT2D eigenvalue weighted by atomic mass is 10.1. The van der Waals surface area contributed by atoms with E-state index in [0.717, 1.165) is 5.82 Å². The van der Waals surface area contributed by atoms with Crippen LogP contribution in [0.2, 0.25) is 0 Å². The van der Waals surface area contributed by atoms with E-state index in [-0.39, 0.29) is 11.8 Å². The lowest BCUT2D eigenvalue weighted by Crippen LogP contribution is -2.49. The molecule has 152 valence electrons. The van der Waals surface area contributed by atoms with Gasteiger partial charge in [0.25, 0.3) is 11.8 Å². The van der Waals surface area contributed by atoms with E-state index in [4.69, 9.17) is 0 Å². The first-order valence-corrected chi connectivity index (χ1v) is 9.72. The Labute approximate surface area is 174 Å². The molecule has 0 radical (unpaired) electrons. The predicted octanol–water partition coefficient (Wildman–Crippen LogP) is 3.44. The summed E-state index contributed by atoms with van der Waals surface area (Å²) in [5, 5.41) is 2.83. The number of halogens is 1. The van der Waals surface area contributed by atoms with Gasteiger partial charge < -0.3 is 15.1 Å². The molecule has 6 nitrogen and oxygen atoms in total.